The van der Waals surface area contributed by atoms with Gasteiger partial charge in [0.05, 0.1) is 27.6 Å². The fourth-order valence-corrected chi connectivity index (χ4v) is 1.79. The number of carboxylic acids is 2. The van der Waals surface area contributed by atoms with Gasteiger partial charge in [-0.05, 0) is 12.1 Å². The Hall–Kier alpha value is -2.45. The van der Waals surface area contributed by atoms with Crippen molar-refractivity contribution in [2.45, 2.75) is 19.4 Å². The molecule has 24 heavy (non-hydrogen) atoms. The van der Waals surface area contributed by atoms with Crippen LogP contribution in [0.15, 0.2) is 24.3 Å². The number of para-hydroxylation sites is 1. The minimum absolute atomic E-state index is 0.0160. The topological polar surface area (TPSA) is 121 Å². The van der Waals surface area contributed by atoms with Gasteiger partial charge in [0.2, 0.25) is 0 Å². The van der Waals surface area contributed by atoms with E-state index < -0.39 is 24.0 Å². The molecule has 0 aliphatic carbocycles. The van der Waals surface area contributed by atoms with E-state index in [1.165, 1.54) is 19.1 Å². The maximum atomic E-state index is 10.6. The summed E-state index contributed by atoms with van der Waals surface area (Å²) in [5.41, 5.74) is -0.0160. The van der Waals surface area contributed by atoms with Crippen LogP contribution in [0.1, 0.15) is 23.7 Å². The van der Waals surface area contributed by atoms with Gasteiger partial charge in [-0.1, -0.05) is 12.1 Å². The highest BCUT2D eigenvalue weighted by Gasteiger charge is 2.17. The molecule has 0 heterocycles. The number of rotatable bonds is 6. The van der Waals surface area contributed by atoms with Crippen LogP contribution in [0.2, 0.25) is 0 Å². The molecular formula is C16H24NO7+. The molecule has 1 aromatic carbocycles. The molecule has 8 heteroatoms. The van der Waals surface area contributed by atoms with Crippen LogP contribution in [0.5, 0.6) is 5.75 Å². The first-order chi connectivity index (χ1) is 10.9. The number of ether oxygens (including phenoxy) is 1. The summed E-state index contributed by atoms with van der Waals surface area (Å²) in [5, 5.41) is 26.2. The van der Waals surface area contributed by atoms with Crippen molar-refractivity contribution in [2.24, 2.45) is 0 Å². The molecule has 0 spiro atoms. The number of hydrogen-bond donors (Lipinski definition) is 3. The number of aliphatic hydroxyl groups is 1. The molecule has 1 atom stereocenters. The van der Waals surface area contributed by atoms with Crippen LogP contribution >= 0.6 is 0 Å². The van der Waals surface area contributed by atoms with E-state index in [1.807, 2.05) is 21.1 Å². The second-order valence-corrected chi connectivity index (χ2v) is 6.12. The molecule has 8 nitrogen and oxygen atoms in total. The van der Waals surface area contributed by atoms with Crippen LogP contribution in [0, 0.1) is 0 Å². The van der Waals surface area contributed by atoms with E-state index in [0.717, 1.165) is 0 Å². The van der Waals surface area contributed by atoms with Crippen LogP contribution in [0.4, 0.5) is 0 Å². The summed E-state index contributed by atoms with van der Waals surface area (Å²) >= 11 is 0. The Kier molecular flexibility index (Phi) is 8.65. The van der Waals surface area contributed by atoms with E-state index in [2.05, 4.69) is 4.74 Å². The summed E-state index contributed by atoms with van der Waals surface area (Å²) in [6.45, 7) is 1.69. The standard InChI is InChI=1S/C9H8O4.C7H15NO3/c1-6(10)13-8-5-3-2-4-7(8)9(11)12;1-8(2,3)5-6(9)4-7(10)11/h2-5H,1H3,(H,11,12);6,9H,4-5H2,1-3H3/p+1. The zero-order valence-corrected chi connectivity index (χ0v) is 14.2. The van der Waals surface area contributed by atoms with Crippen LogP contribution < -0.4 is 4.74 Å². The Bertz CT molecular complexity index is 578. The summed E-state index contributed by atoms with van der Waals surface area (Å²) in [6, 6.07) is 5.98. The van der Waals surface area contributed by atoms with Gasteiger partial charge in [-0.25, -0.2) is 4.79 Å². The zero-order chi connectivity index (χ0) is 18.9. The number of carbonyl (C=O) groups excluding carboxylic acids is 1. The number of nitrogens with zero attached hydrogens (tertiary/aromatic N) is 1. The minimum Gasteiger partial charge on any atom is -0.481 e. The molecule has 134 valence electrons. The molecule has 1 rings (SSSR count). The zero-order valence-electron chi connectivity index (χ0n) is 14.2. The molecule has 1 aromatic rings. The molecule has 1 unspecified atom stereocenters. The molecule has 0 radical (unpaired) electrons. The van der Waals surface area contributed by atoms with Crippen molar-refractivity contribution in [3.63, 3.8) is 0 Å². The van der Waals surface area contributed by atoms with Crippen LogP contribution in [-0.4, -0.2) is 71.5 Å². The van der Waals surface area contributed by atoms with Crippen molar-refractivity contribution >= 4 is 17.9 Å². The summed E-state index contributed by atoms with van der Waals surface area (Å²) in [7, 11) is 5.72. The van der Waals surface area contributed by atoms with Gasteiger partial charge in [0.15, 0.2) is 0 Å². The normalized spacial score (nSPS) is 11.7. The number of likely N-dealkylation sites (N-methyl/N-ethyl adjacent to an activating group) is 1. The quantitative estimate of drug-likeness (QED) is 0.398. The lowest BCUT2D eigenvalue weighted by atomic mass is 10.2. The Morgan fingerprint density at radius 2 is 1.67 bits per heavy atom. The summed E-state index contributed by atoms with van der Waals surface area (Å²) in [6.07, 6.45) is -0.914. The fourth-order valence-electron chi connectivity index (χ4n) is 1.79. The van der Waals surface area contributed by atoms with Crippen molar-refractivity contribution in [3.8, 4) is 5.75 Å². The number of aromatic carboxylic acids is 1. The van der Waals surface area contributed by atoms with Gasteiger partial charge in [0, 0.05) is 6.92 Å². The minimum atomic E-state index is -1.11. The highest BCUT2D eigenvalue weighted by atomic mass is 16.5. The Morgan fingerprint density at radius 1 is 1.12 bits per heavy atom. The molecule has 0 saturated carbocycles. The summed E-state index contributed by atoms with van der Waals surface area (Å²) < 4.78 is 5.26. The lowest BCUT2D eigenvalue weighted by Gasteiger charge is -2.25. The second kappa shape index (κ2) is 9.64. The van der Waals surface area contributed by atoms with Crippen molar-refractivity contribution in [3.05, 3.63) is 29.8 Å². The number of quaternary nitrogens is 1. The van der Waals surface area contributed by atoms with E-state index in [0.29, 0.717) is 11.0 Å². The smallest absolute Gasteiger partial charge is 0.339 e. The van der Waals surface area contributed by atoms with Crippen LogP contribution in [0.3, 0.4) is 0 Å². The summed E-state index contributed by atoms with van der Waals surface area (Å²) in [4.78, 5) is 31.3. The molecule has 0 bridgehead atoms. The molecule has 0 saturated heterocycles. The molecule has 3 N–H and O–H groups in total. The van der Waals surface area contributed by atoms with Crippen molar-refractivity contribution < 1.29 is 38.9 Å². The molecule has 0 aliphatic heterocycles. The predicted octanol–water partition coefficient (Wildman–Crippen LogP) is 0.838. The molecule has 0 fully saturated rings. The van der Waals surface area contributed by atoms with Gasteiger partial charge < -0.3 is 24.5 Å². The van der Waals surface area contributed by atoms with Gasteiger partial charge >= 0.3 is 17.9 Å². The lowest BCUT2D eigenvalue weighted by molar-refractivity contribution is -0.873. The number of esters is 1. The number of aliphatic carboxylic acids is 1. The second-order valence-electron chi connectivity index (χ2n) is 6.12. The SMILES string of the molecule is CC(=O)Oc1ccccc1C(=O)O.C[N+](C)(C)CC(O)CC(=O)O. The van der Waals surface area contributed by atoms with Gasteiger partial charge in [-0.2, -0.15) is 0 Å². The Labute approximate surface area is 140 Å². The molecule has 0 amide bonds. The maximum absolute atomic E-state index is 10.6. The first-order valence-electron chi connectivity index (χ1n) is 7.13. The van der Waals surface area contributed by atoms with E-state index in [9.17, 15) is 14.4 Å². The van der Waals surface area contributed by atoms with E-state index in [4.69, 9.17) is 15.3 Å². The van der Waals surface area contributed by atoms with Crippen molar-refractivity contribution in [1.82, 2.24) is 0 Å². The van der Waals surface area contributed by atoms with Gasteiger partial charge in [-0.3, -0.25) is 9.59 Å². The number of hydrogen-bond acceptors (Lipinski definition) is 5. The maximum Gasteiger partial charge on any atom is 0.339 e. The third-order valence-electron chi connectivity index (χ3n) is 2.54. The summed E-state index contributed by atoms with van der Waals surface area (Å²) in [5.74, 6) is -2.53. The third-order valence-corrected chi connectivity index (χ3v) is 2.54. The van der Waals surface area contributed by atoms with Gasteiger partial charge in [-0.15, -0.1) is 0 Å². The van der Waals surface area contributed by atoms with Crippen molar-refractivity contribution in [2.75, 3.05) is 27.7 Å². The van der Waals surface area contributed by atoms with E-state index >= 15 is 0 Å². The number of benzene rings is 1. The number of aliphatic hydroxyl groups excluding tert-OH is 1. The first-order valence-corrected chi connectivity index (χ1v) is 7.13. The van der Waals surface area contributed by atoms with Crippen LogP contribution in [-0.2, 0) is 9.59 Å². The Balaban J connectivity index is 0.000000449. The molecule has 0 aliphatic rings. The largest absolute Gasteiger partial charge is 0.481 e. The molecule has 0 aromatic heterocycles. The average Bonchev–Trinajstić information content (AvgIpc) is 2.35. The van der Waals surface area contributed by atoms with Crippen LogP contribution in [0.25, 0.3) is 0 Å². The van der Waals surface area contributed by atoms with Gasteiger partial charge in [0.1, 0.15) is 24.0 Å². The van der Waals surface area contributed by atoms with E-state index in [-0.39, 0.29) is 17.7 Å². The van der Waals surface area contributed by atoms with Crippen molar-refractivity contribution in [1.29, 1.82) is 0 Å². The number of carboxylic acid groups (broad SMARTS) is 2. The average molecular weight is 342 g/mol. The lowest BCUT2D eigenvalue weighted by Crippen LogP contribution is -2.42. The highest BCUT2D eigenvalue weighted by molar-refractivity contribution is 5.91. The Morgan fingerprint density at radius 3 is 2.08 bits per heavy atom. The third kappa shape index (κ3) is 10.3. The first kappa shape index (κ1) is 21.6. The monoisotopic (exact) mass is 342 g/mol. The van der Waals surface area contributed by atoms with Gasteiger partial charge in [0.25, 0.3) is 0 Å². The highest BCUT2D eigenvalue weighted by Crippen LogP contribution is 2.17. The molecular weight excluding hydrogens is 318 g/mol. The fraction of sp³-hybridized carbons (Fsp3) is 0.438. The predicted molar refractivity (Wildman–Crippen MR) is 85.9 cm³/mol. The van der Waals surface area contributed by atoms with E-state index in [1.54, 1.807) is 12.1 Å². The number of carbonyl (C=O) groups is 3.